The van der Waals surface area contributed by atoms with Gasteiger partial charge in [-0.25, -0.2) is 0 Å². The molecule has 1 heterocycles. The summed E-state index contributed by atoms with van der Waals surface area (Å²) in [5.74, 6) is 1.21. The van der Waals surface area contributed by atoms with Crippen molar-refractivity contribution in [1.82, 2.24) is 5.32 Å². The summed E-state index contributed by atoms with van der Waals surface area (Å²) < 4.78 is 5.80. The van der Waals surface area contributed by atoms with E-state index in [1.54, 1.807) is 12.1 Å². The van der Waals surface area contributed by atoms with Crippen LogP contribution in [-0.2, 0) is 4.79 Å². The number of unbranched alkanes of at least 4 members (excludes halogenated alkanes) is 1. The van der Waals surface area contributed by atoms with Crippen LogP contribution in [0.15, 0.2) is 23.1 Å². The molecule has 1 aliphatic heterocycles. The molecule has 3 rings (SSSR count). The van der Waals surface area contributed by atoms with Gasteiger partial charge in [-0.1, -0.05) is 56.2 Å². The van der Waals surface area contributed by atoms with Crippen LogP contribution in [0.2, 0.25) is 5.02 Å². The molecule has 1 saturated carbocycles. The number of rotatable bonds is 7. The monoisotopic (exact) mass is 393 g/mol. The van der Waals surface area contributed by atoms with Crippen molar-refractivity contribution in [2.45, 2.75) is 51.4 Å². The molecule has 0 radical (unpaired) electrons. The summed E-state index contributed by atoms with van der Waals surface area (Å²) >= 11 is 7.18. The van der Waals surface area contributed by atoms with Crippen molar-refractivity contribution in [3.63, 3.8) is 0 Å². The minimum Gasteiger partial charge on any atom is -0.492 e. The highest BCUT2D eigenvalue weighted by Gasteiger charge is 2.25. The molecule has 2 fully saturated rings. The predicted molar refractivity (Wildman–Crippen MR) is 106 cm³/mol. The number of carbonyl (C=O) groups excluding carboxylic acids is 2. The maximum atomic E-state index is 11.6. The van der Waals surface area contributed by atoms with Gasteiger partial charge in [0, 0.05) is 0 Å². The number of carbonyl (C=O) groups is 2. The Morgan fingerprint density at radius 2 is 2.00 bits per heavy atom. The maximum Gasteiger partial charge on any atom is 0.290 e. The Kier molecular flexibility index (Phi) is 7.03. The molecule has 0 atom stereocenters. The second kappa shape index (κ2) is 9.47. The fraction of sp³-hybridized carbons (Fsp3) is 0.500. The Morgan fingerprint density at radius 1 is 1.19 bits per heavy atom. The summed E-state index contributed by atoms with van der Waals surface area (Å²) in [6.07, 6.45) is 12.2. The van der Waals surface area contributed by atoms with Gasteiger partial charge in [0.15, 0.2) is 0 Å². The van der Waals surface area contributed by atoms with E-state index in [1.807, 2.05) is 12.1 Å². The minimum atomic E-state index is -0.366. The van der Waals surface area contributed by atoms with Crippen LogP contribution in [-0.4, -0.2) is 17.8 Å². The Bertz CT molecular complexity index is 698. The zero-order valence-electron chi connectivity index (χ0n) is 14.8. The third-order valence-electron chi connectivity index (χ3n) is 4.88. The first-order valence-electron chi connectivity index (χ1n) is 9.29. The summed E-state index contributed by atoms with van der Waals surface area (Å²) in [6.45, 7) is 0.666. The van der Waals surface area contributed by atoms with E-state index in [0.29, 0.717) is 22.3 Å². The van der Waals surface area contributed by atoms with Gasteiger partial charge in [0.25, 0.3) is 11.1 Å². The summed E-state index contributed by atoms with van der Waals surface area (Å²) in [5, 5.41) is 2.40. The molecule has 1 N–H and O–H groups in total. The number of halogens is 1. The standard InChI is InChI=1S/C20H24ClNO3S/c21-16-12-15(13-18-19(23)22-20(24)26-18)9-10-17(16)25-11-5-4-8-14-6-2-1-3-7-14/h9-10,12-14H,1-8,11H2,(H,22,23,24)/b18-13-. The number of imide groups is 1. The van der Waals surface area contributed by atoms with Gasteiger partial charge in [0.05, 0.1) is 16.5 Å². The second-order valence-electron chi connectivity index (χ2n) is 6.89. The molecular weight excluding hydrogens is 370 g/mol. The number of nitrogens with one attached hydrogen (secondary N) is 1. The fourth-order valence-electron chi connectivity index (χ4n) is 3.49. The van der Waals surface area contributed by atoms with E-state index in [4.69, 9.17) is 16.3 Å². The highest BCUT2D eigenvalue weighted by Crippen LogP contribution is 2.30. The molecule has 2 aliphatic rings. The number of amides is 2. The van der Waals surface area contributed by atoms with Crippen molar-refractivity contribution >= 4 is 40.6 Å². The van der Waals surface area contributed by atoms with Crippen LogP contribution in [0.4, 0.5) is 4.79 Å². The van der Waals surface area contributed by atoms with Crippen LogP contribution in [0.25, 0.3) is 6.08 Å². The normalized spacial score (nSPS) is 19.8. The van der Waals surface area contributed by atoms with Crippen molar-refractivity contribution in [2.75, 3.05) is 6.61 Å². The average Bonchev–Trinajstić information content (AvgIpc) is 2.94. The largest absolute Gasteiger partial charge is 0.492 e. The van der Waals surface area contributed by atoms with Gasteiger partial charge in [-0.05, 0) is 54.3 Å². The Labute approximate surface area is 163 Å². The second-order valence-corrected chi connectivity index (χ2v) is 8.31. The molecule has 4 nitrogen and oxygen atoms in total. The Morgan fingerprint density at radius 3 is 2.69 bits per heavy atom. The van der Waals surface area contributed by atoms with E-state index in [2.05, 4.69) is 5.32 Å². The van der Waals surface area contributed by atoms with Crippen molar-refractivity contribution in [3.05, 3.63) is 33.7 Å². The third kappa shape index (κ3) is 5.52. The van der Waals surface area contributed by atoms with Gasteiger partial charge in [-0.2, -0.15) is 0 Å². The van der Waals surface area contributed by atoms with Gasteiger partial charge < -0.3 is 4.74 Å². The Balaban J connectivity index is 1.45. The first-order valence-corrected chi connectivity index (χ1v) is 10.5. The van der Waals surface area contributed by atoms with Gasteiger partial charge in [-0.3, -0.25) is 14.9 Å². The predicted octanol–water partition coefficient (Wildman–Crippen LogP) is 5.79. The molecule has 1 aromatic carbocycles. The van der Waals surface area contributed by atoms with E-state index >= 15 is 0 Å². The third-order valence-corrected chi connectivity index (χ3v) is 5.99. The number of hydrogen-bond donors (Lipinski definition) is 1. The molecule has 1 aliphatic carbocycles. The topological polar surface area (TPSA) is 55.4 Å². The molecule has 26 heavy (non-hydrogen) atoms. The Hall–Kier alpha value is -1.46. The van der Waals surface area contributed by atoms with Crippen LogP contribution in [0.1, 0.15) is 56.9 Å². The number of hydrogen-bond acceptors (Lipinski definition) is 4. The van der Waals surface area contributed by atoms with Gasteiger partial charge in [-0.15, -0.1) is 0 Å². The summed E-state index contributed by atoms with van der Waals surface area (Å²) in [6, 6.07) is 5.41. The van der Waals surface area contributed by atoms with Crippen LogP contribution in [0.5, 0.6) is 5.75 Å². The number of ether oxygens (including phenoxy) is 1. The van der Waals surface area contributed by atoms with Crippen molar-refractivity contribution < 1.29 is 14.3 Å². The van der Waals surface area contributed by atoms with Crippen molar-refractivity contribution in [1.29, 1.82) is 0 Å². The lowest BCUT2D eigenvalue weighted by molar-refractivity contribution is -0.115. The van der Waals surface area contributed by atoms with Crippen LogP contribution in [0.3, 0.4) is 0 Å². The lowest BCUT2D eigenvalue weighted by Gasteiger charge is -2.21. The highest BCUT2D eigenvalue weighted by molar-refractivity contribution is 8.18. The molecular formula is C20H24ClNO3S. The summed E-state index contributed by atoms with van der Waals surface area (Å²) in [5.41, 5.74) is 0.770. The molecule has 2 amide bonds. The van der Waals surface area contributed by atoms with Crippen LogP contribution >= 0.6 is 23.4 Å². The fourth-order valence-corrected chi connectivity index (χ4v) is 4.42. The molecule has 6 heteroatoms. The molecule has 0 bridgehead atoms. The van der Waals surface area contributed by atoms with E-state index < -0.39 is 0 Å². The molecule has 1 aromatic rings. The quantitative estimate of drug-likeness (QED) is 0.470. The van der Waals surface area contributed by atoms with Crippen LogP contribution < -0.4 is 10.1 Å². The maximum absolute atomic E-state index is 11.6. The molecule has 0 unspecified atom stereocenters. The minimum absolute atomic E-state index is 0.347. The van der Waals surface area contributed by atoms with Crippen molar-refractivity contribution in [3.8, 4) is 5.75 Å². The van der Waals surface area contributed by atoms with E-state index in [9.17, 15) is 9.59 Å². The SMILES string of the molecule is O=C1NC(=O)/C(=C/c2ccc(OCCCCC3CCCCC3)c(Cl)c2)S1. The molecule has 1 saturated heterocycles. The lowest BCUT2D eigenvalue weighted by atomic mass is 9.86. The zero-order valence-corrected chi connectivity index (χ0v) is 16.3. The van der Waals surface area contributed by atoms with Gasteiger partial charge in [0.1, 0.15) is 5.75 Å². The molecule has 0 aromatic heterocycles. The smallest absolute Gasteiger partial charge is 0.290 e. The summed E-state index contributed by atoms with van der Waals surface area (Å²) in [4.78, 5) is 23.1. The van der Waals surface area contributed by atoms with E-state index in [-0.39, 0.29) is 11.1 Å². The lowest BCUT2D eigenvalue weighted by Crippen LogP contribution is -2.17. The van der Waals surface area contributed by atoms with E-state index in [0.717, 1.165) is 29.7 Å². The zero-order chi connectivity index (χ0) is 18.4. The van der Waals surface area contributed by atoms with Crippen LogP contribution in [0, 0.1) is 5.92 Å². The average molecular weight is 394 g/mol. The first-order chi connectivity index (χ1) is 12.6. The van der Waals surface area contributed by atoms with Gasteiger partial charge in [0.2, 0.25) is 0 Å². The number of benzene rings is 1. The molecule has 140 valence electrons. The summed E-state index contributed by atoms with van der Waals surface area (Å²) in [7, 11) is 0. The van der Waals surface area contributed by atoms with Crippen molar-refractivity contribution in [2.24, 2.45) is 5.92 Å². The molecule has 0 spiro atoms. The van der Waals surface area contributed by atoms with E-state index in [1.165, 1.54) is 44.9 Å². The first kappa shape index (κ1) is 19.3. The van der Waals surface area contributed by atoms with Gasteiger partial charge >= 0.3 is 0 Å². The highest BCUT2D eigenvalue weighted by atomic mass is 35.5. The number of thioether (sulfide) groups is 1.